The van der Waals surface area contributed by atoms with Gasteiger partial charge in [0.05, 0.1) is 0 Å². The lowest BCUT2D eigenvalue weighted by molar-refractivity contribution is -0.116. The monoisotopic (exact) mass is 457 g/mol. The van der Waals surface area contributed by atoms with Gasteiger partial charge in [-0.2, -0.15) is 0 Å². The van der Waals surface area contributed by atoms with Crippen LogP contribution in [0.25, 0.3) is 0 Å². The lowest BCUT2D eigenvalue weighted by Gasteiger charge is -2.38. The molecule has 1 fully saturated rings. The molecule has 2 aliphatic heterocycles. The number of aryl methyl sites for hydroxylation is 1. The average molecular weight is 458 g/mol. The number of hydrogen-bond donors (Lipinski definition) is 1. The third kappa shape index (κ3) is 5.81. The molecular weight excluding hydrogens is 426 g/mol. The molecule has 1 saturated heterocycles. The maximum absolute atomic E-state index is 13.0. The molecule has 7 heteroatoms. The zero-order valence-corrected chi connectivity index (χ0v) is 19.4. The fourth-order valence-corrected chi connectivity index (χ4v) is 4.53. The third-order valence-corrected chi connectivity index (χ3v) is 6.31. The number of likely N-dealkylation sites (N-methyl/N-ethyl adjacent to an activating group) is 1. The third-order valence-electron chi connectivity index (χ3n) is 6.31. The Kier molecular flexibility index (Phi) is 8.53. The first-order valence-corrected chi connectivity index (χ1v) is 11.3. The number of nitrogens with zero attached hydrogens (tertiary/aromatic N) is 2. The van der Waals surface area contributed by atoms with Crippen molar-refractivity contribution in [3.05, 3.63) is 59.7 Å². The van der Waals surface area contributed by atoms with Crippen molar-refractivity contribution in [1.29, 1.82) is 0 Å². The highest BCUT2D eigenvalue weighted by Crippen LogP contribution is 2.25. The van der Waals surface area contributed by atoms with E-state index in [1.165, 1.54) is 0 Å². The van der Waals surface area contributed by atoms with E-state index >= 15 is 0 Å². The van der Waals surface area contributed by atoms with Gasteiger partial charge in [0.15, 0.2) is 0 Å². The molecule has 6 nitrogen and oxygen atoms in total. The van der Waals surface area contributed by atoms with Crippen molar-refractivity contribution in [3.8, 4) is 5.75 Å². The van der Waals surface area contributed by atoms with Crippen LogP contribution < -0.4 is 10.1 Å². The van der Waals surface area contributed by atoms with Gasteiger partial charge in [0, 0.05) is 43.3 Å². The second-order valence-electron chi connectivity index (χ2n) is 8.23. The number of rotatable bonds is 7. The minimum Gasteiger partial charge on any atom is -0.492 e. The molecule has 0 saturated carbocycles. The maximum Gasteiger partial charge on any atom is 0.253 e. The van der Waals surface area contributed by atoms with Crippen LogP contribution in [0.3, 0.4) is 0 Å². The molecule has 0 radical (unpaired) electrons. The molecule has 1 N–H and O–H groups in total. The van der Waals surface area contributed by atoms with Crippen LogP contribution in [-0.2, 0) is 11.2 Å². The molecule has 2 heterocycles. The molecule has 0 aliphatic carbocycles. The van der Waals surface area contributed by atoms with Crippen LogP contribution >= 0.6 is 12.4 Å². The molecule has 4 rings (SSSR count). The Morgan fingerprint density at radius 1 is 1.12 bits per heavy atom. The highest BCUT2D eigenvalue weighted by atomic mass is 35.5. The van der Waals surface area contributed by atoms with E-state index in [9.17, 15) is 9.59 Å². The van der Waals surface area contributed by atoms with E-state index in [-0.39, 0.29) is 24.2 Å². The van der Waals surface area contributed by atoms with E-state index in [1.54, 1.807) is 0 Å². The normalized spacial score (nSPS) is 16.2. The highest BCUT2D eigenvalue weighted by molar-refractivity contribution is 5.98. The Labute approximate surface area is 196 Å². The summed E-state index contributed by atoms with van der Waals surface area (Å²) in [6, 6.07) is 16.0. The molecule has 0 aromatic heterocycles. The quantitative estimate of drug-likeness (QED) is 0.682. The van der Waals surface area contributed by atoms with E-state index in [1.807, 2.05) is 53.4 Å². The number of ether oxygens (including phenoxy) is 1. The van der Waals surface area contributed by atoms with Crippen molar-refractivity contribution in [2.75, 3.05) is 38.1 Å². The van der Waals surface area contributed by atoms with Gasteiger partial charge in [-0.25, -0.2) is 0 Å². The number of amides is 2. The van der Waals surface area contributed by atoms with Crippen molar-refractivity contribution >= 4 is 29.9 Å². The number of halogens is 1. The zero-order chi connectivity index (χ0) is 21.6. The van der Waals surface area contributed by atoms with Crippen LogP contribution in [0.4, 0.5) is 5.69 Å². The Balaban J connectivity index is 0.00000289. The summed E-state index contributed by atoms with van der Waals surface area (Å²) in [5.41, 5.74) is 2.61. The van der Waals surface area contributed by atoms with E-state index in [2.05, 4.69) is 17.1 Å². The topological polar surface area (TPSA) is 61.9 Å². The summed E-state index contributed by atoms with van der Waals surface area (Å²) >= 11 is 0. The van der Waals surface area contributed by atoms with E-state index in [4.69, 9.17) is 4.74 Å². The fourth-order valence-electron chi connectivity index (χ4n) is 4.53. The number of para-hydroxylation sites is 1. The predicted octanol–water partition coefficient (Wildman–Crippen LogP) is 4.00. The number of benzene rings is 2. The van der Waals surface area contributed by atoms with Gasteiger partial charge in [-0.15, -0.1) is 12.4 Å². The van der Waals surface area contributed by atoms with Crippen LogP contribution in [0.15, 0.2) is 48.5 Å². The van der Waals surface area contributed by atoms with Gasteiger partial charge in [0.1, 0.15) is 12.4 Å². The van der Waals surface area contributed by atoms with Gasteiger partial charge in [-0.1, -0.05) is 25.1 Å². The van der Waals surface area contributed by atoms with E-state index < -0.39 is 0 Å². The minimum atomic E-state index is 0. The molecule has 32 heavy (non-hydrogen) atoms. The largest absolute Gasteiger partial charge is 0.492 e. The molecule has 172 valence electrons. The summed E-state index contributed by atoms with van der Waals surface area (Å²) in [6.45, 7) is 6.27. The number of likely N-dealkylation sites (tertiary alicyclic amines) is 1. The average Bonchev–Trinajstić information content (AvgIpc) is 2.82. The van der Waals surface area contributed by atoms with E-state index in [0.29, 0.717) is 25.5 Å². The zero-order valence-electron chi connectivity index (χ0n) is 18.6. The van der Waals surface area contributed by atoms with Crippen LogP contribution in [-0.4, -0.2) is 60.4 Å². The molecule has 0 bridgehead atoms. The lowest BCUT2D eigenvalue weighted by Crippen LogP contribution is -2.47. The number of carbonyl (C=O) groups is 2. The van der Waals surface area contributed by atoms with Crippen molar-refractivity contribution in [3.63, 3.8) is 0 Å². The van der Waals surface area contributed by atoms with Gasteiger partial charge in [-0.3, -0.25) is 14.5 Å². The molecule has 2 aliphatic rings. The smallest absolute Gasteiger partial charge is 0.253 e. The summed E-state index contributed by atoms with van der Waals surface area (Å²) in [6.07, 6.45) is 3.13. The first-order chi connectivity index (χ1) is 15.1. The van der Waals surface area contributed by atoms with Crippen molar-refractivity contribution < 1.29 is 14.3 Å². The molecule has 2 aromatic carbocycles. The predicted molar refractivity (Wildman–Crippen MR) is 129 cm³/mol. The van der Waals surface area contributed by atoms with Gasteiger partial charge >= 0.3 is 0 Å². The Hall–Kier alpha value is -2.57. The summed E-state index contributed by atoms with van der Waals surface area (Å²) in [5, 5.41) is 2.88. The molecule has 0 spiro atoms. The second-order valence-corrected chi connectivity index (χ2v) is 8.23. The van der Waals surface area contributed by atoms with Crippen LogP contribution in [0.5, 0.6) is 5.75 Å². The van der Waals surface area contributed by atoms with Crippen molar-refractivity contribution in [2.24, 2.45) is 0 Å². The number of anilines is 1. The Morgan fingerprint density at radius 2 is 1.88 bits per heavy atom. The van der Waals surface area contributed by atoms with Crippen LogP contribution in [0.1, 0.15) is 42.1 Å². The SMILES string of the molecule is CCN(CCOc1ccccc1)C1CCN(C(=O)c2ccc3c(c2)CCC(=O)N3)CC1.Cl. The molecule has 2 amide bonds. The lowest BCUT2D eigenvalue weighted by atomic mass is 9.98. The number of piperidine rings is 1. The molecule has 0 atom stereocenters. The second kappa shape index (κ2) is 11.3. The van der Waals surface area contributed by atoms with Gasteiger partial charge in [-0.05, 0) is 61.7 Å². The van der Waals surface area contributed by atoms with Gasteiger partial charge in [0.25, 0.3) is 5.91 Å². The number of fused-ring (bicyclic) bond motifs is 1. The Morgan fingerprint density at radius 3 is 2.59 bits per heavy atom. The summed E-state index contributed by atoms with van der Waals surface area (Å²) in [5.74, 6) is 1.04. The first-order valence-electron chi connectivity index (χ1n) is 11.3. The van der Waals surface area contributed by atoms with Crippen LogP contribution in [0, 0.1) is 0 Å². The molecule has 0 unspecified atom stereocenters. The van der Waals surface area contributed by atoms with E-state index in [0.717, 1.165) is 61.6 Å². The highest BCUT2D eigenvalue weighted by Gasteiger charge is 2.27. The van der Waals surface area contributed by atoms with Crippen molar-refractivity contribution in [2.45, 2.75) is 38.6 Å². The first kappa shape index (κ1) is 24.1. The molecular formula is C25H32ClN3O3. The standard InChI is InChI=1S/C25H31N3O3.ClH/c1-2-27(16-17-31-22-6-4-3-5-7-22)21-12-14-28(15-13-21)25(30)20-8-10-23-19(18-20)9-11-24(29)26-23;/h3-8,10,18,21H,2,9,11-17H2,1H3,(H,26,29);1H. The minimum absolute atomic E-state index is 0. The van der Waals surface area contributed by atoms with Gasteiger partial charge in [0.2, 0.25) is 5.91 Å². The fraction of sp³-hybridized carbons (Fsp3) is 0.440. The maximum atomic E-state index is 13.0. The molecule has 2 aromatic rings. The van der Waals surface area contributed by atoms with Gasteiger partial charge < -0.3 is 15.0 Å². The summed E-state index contributed by atoms with van der Waals surface area (Å²) in [4.78, 5) is 29.0. The van der Waals surface area contributed by atoms with Crippen molar-refractivity contribution in [1.82, 2.24) is 9.80 Å². The Bertz CT molecular complexity index is 914. The number of nitrogens with one attached hydrogen (secondary N) is 1. The summed E-state index contributed by atoms with van der Waals surface area (Å²) < 4.78 is 5.87. The number of carbonyl (C=O) groups excluding carboxylic acids is 2. The van der Waals surface area contributed by atoms with Crippen LogP contribution in [0.2, 0.25) is 0 Å². The number of hydrogen-bond acceptors (Lipinski definition) is 4. The summed E-state index contributed by atoms with van der Waals surface area (Å²) in [7, 11) is 0.